The number of ether oxygens (including phenoxy) is 2. The lowest BCUT2D eigenvalue weighted by atomic mass is 10.1. The van der Waals surface area contributed by atoms with Gasteiger partial charge < -0.3 is 25.4 Å². The summed E-state index contributed by atoms with van der Waals surface area (Å²) in [5, 5.41) is 8.35. The summed E-state index contributed by atoms with van der Waals surface area (Å²) in [5.74, 6) is -0.978. The lowest BCUT2D eigenvalue weighted by molar-refractivity contribution is -0.114. The predicted octanol–water partition coefficient (Wildman–Crippen LogP) is 6.01. The van der Waals surface area contributed by atoms with Gasteiger partial charge in [-0.25, -0.2) is 4.79 Å². The first-order chi connectivity index (χ1) is 21.4. The number of amides is 3. The van der Waals surface area contributed by atoms with Gasteiger partial charge in [-0.3, -0.25) is 14.4 Å². The Hall–Kier alpha value is -5.35. The summed E-state index contributed by atoms with van der Waals surface area (Å²) in [6.45, 7) is 2.02. The number of hydrogen-bond acceptors (Lipinski definition) is 7. The van der Waals surface area contributed by atoms with Crippen LogP contribution in [0.4, 0.5) is 11.4 Å². The van der Waals surface area contributed by atoms with Crippen LogP contribution in [0.1, 0.15) is 33.2 Å². The molecule has 3 amide bonds. The van der Waals surface area contributed by atoms with Gasteiger partial charge in [0.05, 0.1) is 25.0 Å². The predicted molar refractivity (Wildman–Crippen MR) is 172 cm³/mol. The number of rotatable bonds is 12. The monoisotopic (exact) mass is 609 g/mol. The van der Waals surface area contributed by atoms with Gasteiger partial charge in [0, 0.05) is 27.4 Å². The smallest absolute Gasteiger partial charge is 0.338 e. The summed E-state index contributed by atoms with van der Waals surface area (Å²) >= 11 is 1.29. The van der Waals surface area contributed by atoms with Crippen LogP contribution in [0.3, 0.4) is 0 Å². The van der Waals surface area contributed by atoms with Crippen molar-refractivity contribution in [2.75, 3.05) is 30.1 Å². The molecule has 0 saturated carbocycles. The van der Waals surface area contributed by atoms with E-state index in [2.05, 4.69) is 16.0 Å². The maximum Gasteiger partial charge on any atom is 0.338 e. The molecule has 0 bridgehead atoms. The molecule has 0 heterocycles. The van der Waals surface area contributed by atoms with Crippen LogP contribution in [0.15, 0.2) is 114 Å². The highest BCUT2D eigenvalue weighted by Crippen LogP contribution is 2.24. The SMILES string of the molecule is CCOC(=O)c1ccc(NC(=O)CSc2cccc(NC(=O)/C(=C\c3ccccc3OC)NC(=O)c3ccccc3)c2)cc1. The molecule has 10 heteroatoms. The zero-order chi connectivity index (χ0) is 31.3. The second-order valence-corrected chi connectivity index (χ2v) is 10.3. The molecule has 4 aromatic carbocycles. The maximum absolute atomic E-state index is 13.4. The van der Waals surface area contributed by atoms with Gasteiger partial charge in [-0.05, 0) is 73.7 Å². The fraction of sp³-hybridized carbons (Fsp3) is 0.118. The van der Waals surface area contributed by atoms with Gasteiger partial charge in [-0.15, -0.1) is 11.8 Å². The van der Waals surface area contributed by atoms with Crippen molar-refractivity contribution in [3.8, 4) is 5.75 Å². The van der Waals surface area contributed by atoms with E-state index < -0.39 is 17.8 Å². The normalized spacial score (nSPS) is 10.8. The first-order valence-corrected chi connectivity index (χ1v) is 14.7. The highest BCUT2D eigenvalue weighted by Gasteiger charge is 2.16. The van der Waals surface area contributed by atoms with E-state index in [0.717, 1.165) is 4.90 Å². The molecule has 0 spiro atoms. The number of anilines is 2. The molecule has 4 aromatic rings. The molecule has 0 aliphatic heterocycles. The highest BCUT2D eigenvalue weighted by molar-refractivity contribution is 8.00. The number of thioether (sulfide) groups is 1. The Labute approximate surface area is 259 Å². The average molecular weight is 610 g/mol. The minimum absolute atomic E-state index is 0.0229. The number of nitrogens with one attached hydrogen (secondary N) is 3. The maximum atomic E-state index is 13.4. The summed E-state index contributed by atoms with van der Waals surface area (Å²) in [4.78, 5) is 51.5. The zero-order valence-corrected chi connectivity index (χ0v) is 25.0. The summed E-state index contributed by atoms with van der Waals surface area (Å²) in [6.07, 6.45) is 1.55. The van der Waals surface area contributed by atoms with Crippen LogP contribution < -0.4 is 20.7 Å². The van der Waals surface area contributed by atoms with E-state index >= 15 is 0 Å². The minimum Gasteiger partial charge on any atom is -0.496 e. The first-order valence-electron chi connectivity index (χ1n) is 13.7. The summed E-state index contributed by atoms with van der Waals surface area (Å²) < 4.78 is 10.4. The first kappa shape index (κ1) is 31.6. The number of benzene rings is 4. The van der Waals surface area contributed by atoms with Gasteiger partial charge in [0.1, 0.15) is 11.4 Å². The standard InChI is InChI=1S/C34H31N3O6S/c1-3-43-34(41)24-16-18-26(19-17-24)35-31(38)22-44-28-14-9-13-27(21-28)36-33(40)29(20-25-12-7-8-15-30(25)42-2)37-32(39)23-10-5-4-6-11-23/h4-21H,3,22H2,1-2H3,(H,35,38)(H,36,40)(H,37,39)/b29-20+. The largest absolute Gasteiger partial charge is 0.496 e. The molecule has 0 atom stereocenters. The number of hydrogen-bond donors (Lipinski definition) is 3. The third-order valence-corrected chi connectivity index (χ3v) is 7.10. The fourth-order valence-corrected chi connectivity index (χ4v) is 4.75. The Bertz CT molecular complexity index is 1660. The number of methoxy groups -OCH3 is 1. The number of para-hydroxylation sites is 1. The lowest BCUT2D eigenvalue weighted by Gasteiger charge is -2.13. The van der Waals surface area contributed by atoms with Crippen molar-refractivity contribution in [3.63, 3.8) is 0 Å². The molecular weight excluding hydrogens is 578 g/mol. The molecule has 3 N–H and O–H groups in total. The van der Waals surface area contributed by atoms with Gasteiger partial charge in [0.25, 0.3) is 11.8 Å². The molecule has 0 unspecified atom stereocenters. The quantitative estimate of drug-likeness (QED) is 0.102. The van der Waals surface area contributed by atoms with E-state index in [1.807, 2.05) is 12.1 Å². The molecule has 0 aliphatic rings. The minimum atomic E-state index is -0.536. The van der Waals surface area contributed by atoms with Crippen molar-refractivity contribution in [1.82, 2.24) is 5.32 Å². The van der Waals surface area contributed by atoms with E-state index in [0.29, 0.717) is 33.8 Å². The third kappa shape index (κ3) is 9.07. The van der Waals surface area contributed by atoms with Crippen molar-refractivity contribution in [2.24, 2.45) is 0 Å². The van der Waals surface area contributed by atoms with Crippen LogP contribution in [-0.2, 0) is 14.3 Å². The topological polar surface area (TPSA) is 123 Å². The Morgan fingerprint density at radius 3 is 2.23 bits per heavy atom. The van der Waals surface area contributed by atoms with Crippen molar-refractivity contribution in [1.29, 1.82) is 0 Å². The Morgan fingerprint density at radius 2 is 1.50 bits per heavy atom. The van der Waals surface area contributed by atoms with Crippen LogP contribution in [0.25, 0.3) is 6.08 Å². The molecular formula is C34H31N3O6S. The highest BCUT2D eigenvalue weighted by atomic mass is 32.2. The van der Waals surface area contributed by atoms with Gasteiger partial charge >= 0.3 is 5.97 Å². The molecule has 0 aromatic heterocycles. The zero-order valence-electron chi connectivity index (χ0n) is 24.2. The molecule has 0 radical (unpaired) electrons. The van der Waals surface area contributed by atoms with E-state index in [-0.39, 0.29) is 24.0 Å². The molecule has 0 fully saturated rings. The molecule has 0 aliphatic carbocycles. The van der Waals surface area contributed by atoms with Crippen LogP contribution in [0.5, 0.6) is 5.75 Å². The van der Waals surface area contributed by atoms with Crippen LogP contribution in [-0.4, -0.2) is 43.2 Å². The van der Waals surface area contributed by atoms with E-state index in [4.69, 9.17) is 9.47 Å². The summed E-state index contributed by atoms with van der Waals surface area (Å²) in [5.41, 5.74) is 2.47. The molecule has 44 heavy (non-hydrogen) atoms. The van der Waals surface area contributed by atoms with Crippen molar-refractivity contribution in [2.45, 2.75) is 11.8 Å². The lowest BCUT2D eigenvalue weighted by Crippen LogP contribution is -2.30. The van der Waals surface area contributed by atoms with E-state index in [1.54, 1.807) is 104 Å². The Kier molecular flexibility index (Phi) is 11.3. The fourth-order valence-electron chi connectivity index (χ4n) is 4.00. The number of carbonyl (C=O) groups is 4. The molecule has 4 rings (SSSR count). The Morgan fingerprint density at radius 1 is 0.773 bits per heavy atom. The summed E-state index contributed by atoms with van der Waals surface area (Å²) in [7, 11) is 1.53. The molecule has 0 saturated heterocycles. The van der Waals surface area contributed by atoms with Crippen molar-refractivity contribution in [3.05, 3.63) is 126 Å². The number of esters is 1. The van der Waals surface area contributed by atoms with Crippen LogP contribution in [0, 0.1) is 0 Å². The van der Waals surface area contributed by atoms with Gasteiger partial charge in [0.15, 0.2) is 0 Å². The molecule has 224 valence electrons. The Balaban J connectivity index is 1.42. The van der Waals surface area contributed by atoms with Crippen LogP contribution in [0.2, 0.25) is 0 Å². The van der Waals surface area contributed by atoms with Crippen LogP contribution >= 0.6 is 11.8 Å². The van der Waals surface area contributed by atoms with Gasteiger partial charge in [-0.2, -0.15) is 0 Å². The second-order valence-electron chi connectivity index (χ2n) is 9.24. The van der Waals surface area contributed by atoms with Crippen molar-refractivity contribution < 1.29 is 28.7 Å². The molecule has 9 nitrogen and oxygen atoms in total. The van der Waals surface area contributed by atoms with E-state index in [9.17, 15) is 19.2 Å². The van der Waals surface area contributed by atoms with Crippen molar-refractivity contribution >= 4 is 52.9 Å². The van der Waals surface area contributed by atoms with E-state index in [1.165, 1.54) is 18.9 Å². The average Bonchev–Trinajstić information content (AvgIpc) is 3.04. The second kappa shape index (κ2) is 15.8. The van der Waals surface area contributed by atoms with Gasteiger partial charge in [-0.1, -0.05) is 42.5 Å². The number of carbonyl (C=O) groups excluding carboxylic acids is 4. The third-order valence-electron chi connectivity index (χ3n) is 6.11. The summed E-state index contributed by atoms with van der Waals surface area (Å²) in [6, 6.07) is 29.2. The van der Waals surface area contributed by atoms with Gasteiger partial charge in [0.2, 0.25) is 5.91 Å².